The molecule has 0 heterocycles. The molecule has 0 spiro atoms. The van der Waals surface area contributed by atoms with E-state index in [9.17, 15) is 0 Å². The van der Waals surface area contributed by atoms with Crippen LogP contribution in [0.25, 0.3) is 0 Å². The van der Waals surface area contributed by atoms with Crippen molar-refractivity contribution in [1.82, 2.24) is 0 Å². The van der Waals surface area contributed by atoms with Crippen molar-refractivity contribution >= 4 is 0 Å². The summed E-state index contributed by atoms with van der Waals surface area (Å²) in [7, 11) is 0. The summed E-state index contributed by atoms with van der Waals surface area (Å²) in [6, 6.07) is 21.2. The third-order valence-electron chi connectivity index (χ3n) is 6.71. The number of rotatable bonds is 4. The molecule has 0 aliphatic heterocycles. The minimum absolute atomic E-state index is 0. The van der Waals surface area contributed by atoms with Crippen LogP contribution < -0.4 is 37.2 Å². The first-order valence-corrected chi connectivity index (χ1v) is 11.7. The van der Waals surface area contributed by atoms with Gasteiger partial charge in [0.2, 0.25) is 0 Å². The Labute approximate surface area is 252 Å². The van der Waals surface area contributed by atoms with Crippen molar-refractivity contribution in [1.29, 1.82) is 0 Å². The molecule has 4 heteroatoms. The Kier molecular flexibility index (Phi) is 13.0. The monoisotopic (exact) mass is 572 g/mol. The topological polar surface area (TPSA) is 0 Å². The zero-order valence-electron chi connectivity index (χ0n) is 22.5. The number of aryl methyl sites for hydroxylation is 6. The number of allylic oxidation sites excluding steroid dienone is 4. The van der Waals surface area contributed by atoms with Crippen LogP contribution >= 0.6 is 0 Å². The van der Waals surface area contributed by atoms with Gasteiger partial charge in [-0.25, -0.2) is 11.6 Å². The zero-order chi connectivity index (χ0) is 23.2. The van der Waals surface area contributed by atoms with Gasteiger partial charge in [0.1, 0.15) is 0 Å². The van der Waals surface area contributed by atoms with E-state index in [2.05, 4.69) is 116 Å². The summed E-state index contributed by atoms with van der Waals surface area (Å²) in [5.74, 6) is 0. The molecule has 1 aliphatic rings. The molecule has 0 nitrogen and oxygen atoms in total. The fourth-order valence-electron chi connectivity index (χ4n) is 5.85. The second-order valence-electron chi connectivity index (χ2n) is 10.1. The Balaban J connectivity index is 0.00000306. The number of benzene rings is 3. The first-order valence-electron chi connectivity index (χ1n) is 11.7. The summed E-state index contributed by atoms with van der Waals surface area (Å²) in [4.78, 5) is 0. The zero-order valence-corrected chi connectivity index (χ0v) is 26.4. The minimum Gasteiger partial charge on any atom is -1.00 e. The van der Waals surface area contributed by atoms with Gasteiger partial charge >= 0.3 is 21.7 Å². The fourth-order valence-corrected chi connectivity index (χ4v) is 5.85. The maximum absolute atomic E-state index is 3.67. The SMILES string of the molecule is CC1=[C-]C(C)=C(C(c2cc(C)cc(C)c2)(c2cc(C)cc(C)c2)c2cc(C)cc(C)c2)C1.[Cl-].[Cl-].[Cl-].[Ti+4]. The molecule has 0 fully saturated rings. The molecule has 3 aromatic rings. The fraction of sp³-hybridized carbons (Fsp3) is 0.312. The van der Waals surface area contributed by atoms with Crippen LogP contribution in [0.5, 0.6) is 0 Å². The van der Waals surface area contributed by atoms with Gasteiger partial charge in [-0.1, -0.05) is 108 Å². The maximum Gasteiger partial charge on any atom is 4.00 e. The molecule has 1 aliphatic carbocycles. The van der Waals surface area contributed by atoms with Gasteiger partial charge in [0.05, 0.1) is 0 Å². The average molecular weight is 574 g/mol. The minimum atomic E-state index is -0.348. The van der Waals surface area contributed by atoms with Crippen LogP contribution in [-0.2, 0) is 27.1 Å². The Morgan fingerprint density at radius 1 is 0.500 bits per heavy atom. The molecule has 188 valence electrons. The molecule has 0 bridgehead atoms. The van der Waals surface area contributed by atoms with Crippen molar-refractivity contribution < 1.29 is 58.9 Å². The van der Waals surface area contributed by atoms with Gasteiger partial charge in [0, 0.05) is 5.41 Å². The summed E-state index contributed by atoms with van der Waals surface area (Å²) < 4.78 is 0. The van der Waals surface area contributed by atoms with Crippen molar-refractivity contribution in [3.05, 3.63) is 127 Å². The van der Waals surface area contributed by atoms with Crippen LogP contribution in [0.15, 0.2) is 71.3 Å². The Bertz CT molecular complexity index is 1100. The standard InChI is InChI=1S/C32H35.3ClH.Ti/c1-20-9-21(2)14-28(13-20)32(31-19-26(7)12-27(31)8,29-15-22(3)10-23(4)16-29)30-17-24(5)11-25(6)18-30;;;;/h9-11,13-18H,19H2,1-8H3;3*1H;/q-1;;;;+4/p-3. The van der Waals surface area contributed by atoms with Gasteiger partial charge in [0.25, 0.3) is 0 Å². The predicted octanol–water partition coefficient (Wildman–Crippen LogP) is -0.649. The smallest absolute Gasteiger partial charge is 1.00 e. The second-order valence-corrected chi connectivity index (χ2v) is 10.1. The van der Waals surface area contributed by atoms with Crippen LogP contribution in [0, 0.1) is 47.6 Å². The molecular formula is C32H35Cl3Ti. The van der Waals surface area contributed by atoms with Crippen LogP contribution in [0.3, 0.4) is 0 Å². The molecular weight excluding hydrogens is 539 g/mol. The van der Waals surface area contributed by atoms with E-state index in [1.54, 1.807) is 0 Å². The van der Waals surface area contributed by atoms with E-state index in [0.29, 0.717) is 0 Å². The van der Waals surface area contributed by atoms with Gasteiger partial charge in [-0.3, -0.25) is 0 Å². The predicted molar refractivity (Wildman–Crippen MR) is 137 cm³/mol. The summed E-state index contributed by atoms with van der Waals surface area (Å²) >= 11 is 0. The Morgan fingerprint density at radius 2 is 0.778 bits per heavy atom. The normalized spacial score (nSPS) is 12.6. The van der Waals surface area contributed by atoms with Gasteiger partial charge in [-0.05, 0) is 58.2 Å². The molecule has 0 aromatic heterocycles. The van der Waals surface area contributed by atoms with E-state index in [4.69, 9.17) is 0 Å². The van der Waals surface area contributed by atoms with Gasteiger partial charge in [-0.2, -0.15) is 11.1 Å². The molecule has 0 amide bonds. The molecule has 0 N–H and O–H groups in total. The second kappa shape index (κ2) is 13.5. The number of hydrogen-bond donors (Lipinski definition) is 0. The molecule has 0 saturated heterocycles. The summed E-state index contributed by atoms with van der Waals surface area (Å²) in [6.45, 7) is 17.8. The largest absolute Gasteiger partial charge is 4.00 e. The Morgan fingerprint density at radius 3 is 1.00 bits per heavy atom. The van der Waals surface area contributed by atoms with Crippen LogP contribution in [0.2, 0.25) is 0 Å². The molecule has 0 atom stereocenters. The van der Waals surface area contributed by atoms with E-state index in [1.165, 1.54) is 66.8 Å². The van der Waals surface area contributed by atoms with E-state index >= 15 is 0 Å². The maximum atomic E-state index is 3.67. The van der Waals surface area contributed by atoms with Gasteiger partial charge < -0.3 is 37.2 Å². The van der Waals surface area contributed by atoms with Crippen molar-refractivity contribution in [2.45, 2.75) is 67.2 Å². The summed E-state index contributed by atoms with van der Waals surface area (Å²) in [5.41, 5.74) is 15.6. The molecule has 0 saturated carbocycles. The number of halogens is 3. The van der Waals surface area contributed by atoms with Crippen molar-refractivity contribution in [3.8, 4) is 0 Å². The van der Waals surface area contributed by atoms with Crippen molar-refractivity contribution in [3.63, 3.8) is 0 Å². The van der Waals surface area contributed by atoms with E-state index in [1.807, 2.05) is 0 Å². The molecule has 3 aromatic carbocycles. The van der Waals surface area contributed by atoms with E-state index < -0.39 is 0 Å². The molecule has 0 radical (unpaired) electrons. The molecule has 4 rings (SSSR count). The Hall–Kier alpha value is -1.28. The third-order valence-corrected chi connectivity index (χ3v) is 6.71. The van der Waals surface area contributed by atoms with Crippen LogP contribution in [0.4, 0.5) is 0 Å². The van der Waals surface area contributed by atoms with Crippen LogP contribution in [-0.4, -0.2) is 0 Å². The quantitative estimate of drug-likeness (QED) is 0.221. The first-order chi connectivity index (χ1) is 15.1. The van der Waals surface area contributed by atoms with E-state index in [-0.39, 0.29) is 64.4 Å². The summed E-state index contributed by atoms with van der Waals surface area (Å²) in [5, 5.41) is 0. The molecule has 36 heavy (non-hydrogen) atoms. The average Bonchev–Trinajstić information content (AvgIpc) is 2.98. The molecule has 0 unspecified atom stereocenters. The number of hydrogen-bond acceptors (Lipinski definition) is 0. The van der Waals surface area contributed by atoms with E-state index in [0.717, 1.165) is 6.42 Å². The van der Waals surface area contributed by atoms with Crippen LogP contribution in [0.1, 0.15) is 70.3 Å². The summed E-state index contributed by atoms with van der Waals surface area (Å²) in [6.07, 6.45) is 4.62. The third kappa shape index (κ3) is 6.58. The first kappa shape index (κ1) is 34.7. The van der Waals surface area contributed by atoms with Gasteiger partial charge in [0.15, 0.2) is 0 Å². The van der Waals surface area contributed by atoms with Gasteiger partial charge in [-0.15, -0.1) is 0 Å². The van der Waals surface area contributed by atoms with Crippen molar-refractivity contribution in [2.75, 3.05) is 0 Å². The van der Waals surface area contributed by atoms with Crippen molar-refractivity contribution in [2.24, 2.45) is 0 Å².